The number of esters is 1. The Labute approximate surface area is 379 Å². The highest BCUT2D eigenvalue weighted by Gasteiger charge is 2.57. The van der Waals surface area contributed by atoms with Gasteiger partial charge in [-0.05, 0) is 101 Å². The average molecular weight is 898 g/mol. The third-order valence-electron chi connectivity index (χ3n) is 14.9. The molecule has 4 fully saturated rings. The molecule has 1 amide bonds. The van der Waals surface area contributed by atoms with E-state index >= 15 is 0 Å². The van der Waals surface area contributed by atoms with Crippen LogP contribution >= 0.6 is 0 Å². The van der Waals surface area contributed by atoms with E-state index in [4.69, 9.17) is 23.7 Å². The number of allylic oxidation sites excluding steroid dienone is 6. The van der Waals surface area contributed by atoms with Crippen molar-refractivity contribution >= 4 is 29.2 Å². The molecule has 16 atom stereocenters. The van der Waals surface area contributed by atoms with Crippen LogP contribution in [0.3, 0.4) is 0 Å². The molecule has 1 saturated carbocycles. The lowest BCUT2D eigenvalue weighted by molar-refractivity contribution is -0.266. The van der Waals surface area contributed by atoms with Crippen molar-refractivity contribution in [1.29, 1.82) is 0 Å². The first-order valence-electron chi connectivity index (χ1n) is 23.5. The highest BCUT2D eigenvalue weighted by Crippen LogP contribution is 2.45. The van der Waals surface area contributed by atoms with Crippen LogP contribution in [0.4, 0.5) is 0 Å². The molecule has 0 spiro atoms. The van der Waals surface area contributed by atoms with E-state index in [9.17, 15) is 39.3 Å². The Morgan fingerprint density at radius 3 is 2.27 bits per heavy atom. The van der Waals surface area contributed by atoms with Gasteiger partial charge in [-0.25, -0.2) is 4.79 Å². The number of carbonyl (C=O) groups is 5. The number of methoxy groups -OCH3 is 3. The molecule has 0 aromatic carbocycles. The first-order valence-corrected chi connectivity index (χ1v) is 23.5. The second-order valence-corrected chi connectivity index (χ2v) is 19.5. The highest BCUT2D eigenvalue weighted by atomic mass is 16.6. The van der Waals surface area contributed by atoms with Crippen LogP contribution in [0.1, 0.15) is 112 Å². The van der Waals surface area contributed by atoms with Crippen LogP contribution in [0.5, 0.6) is 0 Å². The lowest BCUT2D eigenvalue weighted by atomic mass is 9.68. The summed E-state index contributed by atoms with van der Waals surface area (Å²) in [6, 6.07) is -1.12. The molecule has 4 unspecified atom stereocenters. The number of amides is 1. The van der Waals surface area contributed by atoms with E-state index < -0.39 is 95.7 Å². The SMILES string of the molecule is CO[C@H]1C[C@@H]2CC[C@@H](C)[C@@](O)(O2)C(=O)C(=O)N2CCC[C@@H]3C(C[C@@H]4CCC(O)[C@H](OC)C4)C(CC(=O)C(C)/C=C(\C)[C@@H](O)[C@@H](OC)C(=O)[C@H](C)C[C@H](C)/C=C/C=C/C=C/1C)OC(=O)[C@H]32. The molecule has 14 nitrogen and oxygen atoms in total. The molecule has 3 N–H and O–H groups in total. The van der Waals surface area contributed by atoms with E-state index in [1.54, 1.807) is 41.1 Å². The van der Waals surface area contributed by atoms with Crippen LogP contribution < -0.4 is 0 Å². The average Bonchev–Trinajstić information content (AvgIpc) is 3.27. The van der Waals surface area contributed by atoms with Crippen molar-refractivity contribution in [3.8, 4) is 0 Å². The lowest BCUT2D eigenvalue weighted by Crippen LogP contribution is -2.65. The standard InChI is InChI=1S/C50H75NO13/c1-28-14-11-10-12-15-29(2)40(60-7)26-35-19-17-33(6)50(59,64-35)47(56)48(57)51-21-13-16-36-37(24-34-18-20-38(52)42(25-34)61-8)41(63-49(58)43(36)51)27-39(53)30(3)23-32(5)45(55)46(62-9)44(54)31(4)22-28/h10-12,14-15,23,28,30-31,33-38,40-43,45-46,52,55,59H,13,16-22,24-27H2,1-9H3/b12-10+,14-11+,29-15+,32-23+/t28-,30?,31-,33-,34+,35+,36-,37?,38?,40+,41?,42-,43+,45-,46+,50-/m1/s1. The van der Waals surface area contributed by atoms with Crippen molar-refractivity contribution in [1.82, 2.24) is 4.90 Å². The zero-order chi connectivity index (χ0) is 47.0. The summed E-state index contributed by atoms with van der Waals surface area (Å²) in [5.74, 6) is -8.43. The first kappa shape index (κ1) is 51.6. The minimum absolute atomic E-state index is 0.0231. The minimum Gasteiger partial charge on any atom is -0.460 e. The van der Waals surface area contributed by atoms with Gasteiger partial charge in [0.15, 0.2) is 5.78 Å². The predicted molar refractivity (Wildman–Crippen MR) is 238 cm³/mol. The van der Waals surface area contributed by atoms with E-state index in [-0.39, 0.29) is 42.5 Å². The monoisotopic (exact) mass is 898 g/mol. The molecule has 4 bridgehead atoms. The third kappa shape index (κ3) is 12.0. The van der Waals surface area contributed by atoms with E-state index in [1.165, 1.54) is 12.0 Å². The fourth-order valence-electron chi connectivity index (χ4n) is 10.9. The summed E-state index contributed by atoms with van der Waals surface area (Å²) < 4.78 is 29.4. The number of ketones is 3. The lowest BCUT2D eigenvalue weighted by Gasteiger charge is -2.50. The van der Waals surface area contributed by atoms with Crippen molar-refractivity contribution in [3.05, 3.63) is 47.6 Å². The van der Waals surface area contributed by atoms with Crippen LogP contribution in [0.15, 0.2) is 47.6 Å². The van der Waals surface area contributed by atoms with Crippen LogP contribution in [0, 0.1) is 41.4 Å². The number of piperidine rings is 1. The fraction of sp³-hybridized carbons (Fsp3) is 0.740. The summed E-state index contributed by atoms with van der Waals surface area (Å²) in [5, 5.41) is 34.1. The Kier molecular flexibility index (Phi) is 18.5. The number of ether oxygens (including phenoxy) is 5. The summed E-state index contributed by atoms with van der Waals surface area (Å²) in [6.07, 6.45) is 10.8. The quantitative estimate of drug-likeness (QED) is 0.181. The number of nitrogens with zero attached hydrogens (tertiary/aromatic N) is 1. The Morgan fingerprint density at radius 1 is 0.844 bits per heavy atom. The second kappa shape index (κ2) is 22.9. The van der Waals surface area contributed by atoms with Crippen molar-refractivity contribution in [2.24, 2.45) is 41.4 Å². The van der Waals surface area contributed by atoms with Gasteiger partial charge in [0.2, 0.25) is 5.79 Å². The zero-order valence-corrected chi connectivity index (χ0v) is 39.5. The largest absolute Gasteiger partial charge is 0.460 e. The number of aliphatic hydroxyl groups is 3. The van der Waals surface area contributed by atoms with Gasteiger partial charge in [-0.2, -0.15) is 0 Å². The Hall–Kier alpha value is -3.37. The molecule has 4 aliphatic heterocycles. The smallest absolute Gasteiger partial charge is 0.329 e. The van der Waals surface area contributed by atoms with Gasteiger partial charge >= 0.3 is 5.97 Å². The van der Waals surface area contributed by atoms with Gasteiger partial charge in [0, 0.05) is 64.4 Å². The molecule has 1 aliphatic carbocycles. The maximum Gasteiger partial charge on any atom is 0.329 e. The first-order chi connectivity index (χ1) is 30.3. The van der Waals surface area contributed by atoms with Crippen molar-refractivity contribution in [2.75, 3.05) is 27.9 Å². The van der Waals surface area contributed by atoms with Crippen molar-refractivity contribution in [2.45, 2.75) is 167 Å². The third-order valence-corrected chi connectivity index (χ3v) is 14.9. The number of fused-ring (bicyclic) bond motifs is 4. The van der Waals surface area contributed by atoms with Crippen LogP contribution in [-0.4, -0.2) is 132 Å². The molecule has 0 aromatic rings. The molecule has 0 radical (unpaired) electrons. The topological polar surface area (TPSA) is 195 Å². The Bertz CT molecular complexity index is 1790. The van der Waals surface area contributed by atoms with E-state index in [1.807, 2.05) is 51.2 Å². The van der Waals surface area contributed by atoms with Crippen molar-refractivity contribution < 1.29 is 63.0 Å². The molecule has 3 saturated heterocycles. The predicted octanol–water partition coefficient (Wildman–Crippen LogP) is 5.40. The van der Waals surface area contributed by atoms with Gasteiger partial charge in [0.25, 0.3) is 11.7 Å². The Morgan fingerprint density at radius 2 is 1.58 bits per heavy atom. The van der Waals surface area contributed by atoms with Crippen LogP contribution in [0.2, 0.25) is 0 Å². The molecular formula is C50H75NO13. The maximum atomic E-state index is 14.4. The number of rotatable bonds is 5. The highest BCUT2D eigenvalue weighted by molar-refractivity contribution is 6.39. The fourth-order valence-corrected chi connectivity index (χ4v) is 10.9. The molecule has 5 rings (SSSR count). The van der Waals surface area contributed by atoms with Gasteiger partial charge in [-0.15, -0.1) is 0 Å². The maximum absolute atomic E-state index is 14.4. The number of hydrogen-bond acceptors (Lipinski definition) is 13. The summed E-state index contributed by atoms with van der Waals surface area (Å²) in [6.45, 7) is 10.9. The van der Waals surface area contributed by atoms with E-state index in [0.29, 0.717) is 69.8 Å². The minimum atomic E-state index is -2.43. The van der Waals surface area contributed by atoms with Crippen LogP contribution in [0.25, 0.3) is 0 Å². The summed E-state index contributed by atoms with van der Waals surface area (Å²) in [5.41, 5.74) is 1.28. The molecule has 14 heteroatoms. The summed E-state index contributed by atoms with van der Waals surface area (Å²) in [7, 11) is 4.52. The van der Waals surface area contributed by atoms with E-state index in [2.05, 4.69) is 0 Å². The summed E-state index contributed by atoms with van der Waals surface area (Å²) in [4.78, 5) is 72.0. The van der Waals surface area contributed by atoms with Gasteiger partial charge in [-0.3, -0.25) is 19.2 Å². The second-order valence-electron chi connectivity index (χ2n) is 19.5. The molecule has 358 valence electrons. The van der Waals surface area contributed by atoms with Gasteiger partial charge < -0.3 is 43.9 Å². The molecular weight excluding hydrogens is 823 g/mol. The molecule has 64 heavy (non-hydrogen) atoms. The number of aliphatic hydroxyl groups excluding tert-OH is 2. The van der Waals surface area contributed by atoms with Gasteiger partial charge in [-0.1, -0.05) is 64.2 Å². The summed E-state index contributed by atoms with van der Waals surface area (Å²) >= 11 is 0. The van der Waals surface area contributed by atoms with Gasteiger partial charge in [0.1, 0.15) is 30.1 Å². The number of Topliss-reactive ketones (excluding diaryl/α,β-unsaturated/α-hetero) is 3. The molecule has 4 heterocycles. The zero-order valence-electron chi connectivity index (χ0n) is 39.5. The van der Waals surface area contributed by atoms with Crippen LogP contribution in [-0.2, 0) is 47.7 Å². The number of hydrogen-bond donors (Lipinski definition) is 3. The van der Waals surface area contributed by atoms with Gasteiger partial charge in [0.05, 0.1) is 24.4 Å². The van der Waals surface area contributed by atoms with E-state index in [0.717, 1.165) is 5.57 Å². The van der Waals surface area contributed by atoms with Crippen molar-refractivity contribution in [3.63, 3.8) is 0 Å². The number of carbonyl (C=O) groups excluding carboxylic acids is 5. The molecule has 0 aromatic heterocycles. The normalized spacial score (nSPS) is 43.2. The Balaban J connectivity index is 1.51. The molecule has 5 aliphatic rings.